The quantitative estimate of drug-likeness (QED) is 0.829. The Hall–Kier alpha value is -2.17. The molecular formula is C15H18N2O3. The molecule has 1 aromatic heterocycles. The van der Waals surface area contributed by atoms with Crippen molar-refractivity contribution in [3.05, 3.63) is 36.2 Å². The van der Waals surface area contributed by atoms with Crippen LogP contribution >= 0.6 is 0 Å². The van der Waals surface area contributed by atoms with Gasteiger partial charge in [0, 0.05) is 6.20 Å². The molecule has 1 aromatic rings. The van der Waals surface area contributed by atoms with Crippen LogP contribution in [0.1, 0.15) is 20.3 Å². The minimum atomic E-state index is -0.924. The van der Waals surface area contributed by atoms with Gasteiger partial charge in [-0.1, -0.05) is 18.6 Å². The molecule has 0 aliphatic heterocycles. The van der Waals surface area contributed by atoms with Gasteiger partial charge in [-0.2, -0.15) is 0 Å². The van der Waals surface area contributed by atoms with Crippen LogP contribution in [0.4, 0.5) is 5.69 Å². The van der Waals surface area contributed by atoms with E-state index in [-0.39, 0.29) is 11.8 Å². The minimum absolute atomic E-state index is 0.147. The largest absolute Gasteiger partial charge is 0.481 e. The van der Waals surface area contributed by atoms with Crippen LogP contribution in [-0.4, -0.2) is 22.0 Å². The molecule has 1 heterocycles. The maximum Gasteiger partial charge on any atom is 0.307 e. The molecule has 2 rings (SSSR count). The number of nitrogens with zero attached hydrogens (tertiary/aromatic N) is 1. The zero-order valence-corrected chi connectivity index (χ0v) is 11.5. The number of amides is 1. The normalized spacial score (nSPS) is 25.7. The number of carbonyl (C=O) groups is 2. The second-order valence-corrected chi connectivity index (χ2v) is 5.28. The second kappa shape index (κ2) is 5.86. The molecule has 0 aromatic carbocycles. The SMILES string of the molecule is CC1=C[C@H](C)[C@H](C(=O)O)[C@@H](C(=O)Nc2cccnc2)C1. The molecule has 5 heteroatoms. The molecule has 0 bridgehead atoms. The zero-order valence-electron chi connectivity index (χ0n) is 11.5. The van der Waals surface area contributed by atoms with Crippen molar-refractivity contribution < 1.29 is 14.7 Å². The lowest BCUT2D eigenvalue weighted by molar-refractivity contribution is -0.148. The molecule has 0 fully saturated rings. The summed E-state index contributed by atoms with van der Waals surface area (Å²) in [5, 5.41) is 12.1. The Kier molecular flexibility index (Phi) is 4.17. The van der Waals surface area contributed by atoms with Crippen molar-refractivity contribution in [2.45, 2.75) is 20.3 Å². The summed E-state index contributed by atoms with van der Waals surface area (Å²) in [6.07, 6.45) is 5.58. The first-order chi connectivity index (χ1) is 9.49. The van der Waals surface area contributed by atoms with Crippen molar-refractivity contribution in [1.29, 1.82) is 0 Å². The number of carboxylic acids is 1. The summed E-state index contributed by atoms with van der Waals surface area (Å²) in [7, 11) is 0. The summed E-state index contributed by atoms with van der Waals surface area (Å²) in [6.45, 7) is 3.77. The van der Waals surface area contributed by atoms with Crippen molar-refractivity contribution in [1.82, 2.24) is 4.98 Å². The topological polar surface area (TPSA) is 79.3 Å². The number of hydrogen-bond acceptors (Lipinski definition) is 3. The van der Waals surface area contributed by atoms with E-state index >= 15 is 0 Å². The number of aromatic nitrogens is 1. The Morgan fingerprint density at radius 1 is 1.45 bits per heavy atom. The third kappa shape index (κ3) is 3.04. The summed E-state index contributed by atoms with van der Waals surface area (Å²) in [4.78, 5) is 27.7. The molecule has 106 valence electrons. The van der Waals surface area contributed by atoms with Gasteiger partial charge in [0.1, 0.15) is 0 Å². The van der Waals surface area contributed by atoms with Crippen molar-refractivity contribution >= 4 is 17.6 Å². The molecule has 0 unspecified atom stereocenters. The Labute approximate surface area is 117 Å². The predicted octanol–water partition coefficient (Wildman–Crippen LogP) is 2.32. The number of hydrogen-bond donors (Lipinski definition) is 2. The van der Waals surface area contributed by atoms with Crippen LogP contribution in [0.5, 0.6) is 0 Å². The van der Waals surface area contributed by atoms with E-state index in [4.69, 9.17) is 0 Å². The molecule has 0 radical (unpaired) electrons. The van der Waals surface area contributed by atoms with Crippen molar-refractivity contribution in [2.24, 2.45) is 17.8 Å². The van der Waals surface area contributed by atoms with Crippen molar-refractivity contribution in [2.75, 3.05) is 5.32 Å². The van der Waals surface area contributed by atoms with Crippen LogP contribution in [0.3, 0.4) is 0 Å². The Morgan fingerprint density at radius 2 is 2.20 bits per heavy atom. The van der Waals surface area contributed by atoms with Gasteiger partial charge in [-0.25, -0.2) is 0 Å². The monoisotopic (exact) mass is 274 g/mol. The number of carbonyl (C=O) groups excluding carboxylic acids is 1. The molecule has 0 spiro atoms. The van der Waals surface area contributed by atoms with E-state index in [0.29, 0.717) is 12.1 Å². The summed E-state index contributed by atoms with van der Waals surface area (Å²) in [6, 6.07) is 3.45. The molecule has 20 heavy (non-hydrogen) atoms. The Morgan fingerprint density at radius 3 is 2.80 bits per heavy atom. The molecule has 3 atom stereocenters. The van der Waals surface area contributed by atoms with Gasteiger partial charge in [0.25, 0.3) is 0 Å². The highest BCUT2D eigenvalue weighted by molar-refractivity contribution is 5.95. The second-order valence-electron chi connectivity index (χ2n) is 5.28. The average Bonchev–Trinajstić information content (AvgIpc) is 2.38. The maximum absolute atomic E-state index is 12.3. The smallest absolute Gasteiger partial charge is 0.307 e. The number of carboxylic acid groups (broad SMARTS) is 1. The lowest BCUT2D eigenvalue weighted by atomic mass is 9.73. The van der Waals surface area contributed by atoms with Gasteiger partial charge in [-0.15, -0.1) is 0 Å². The van der Waals surface area contributed by atoms with Crippen LogP contribution < -0.4 is 5.32 Å². The molecule has 1 aliphatic carbocycles. The zero-order chi connectivity index (χ0) is 14.7. The lowest BCUT2D eigenvalue weighted by Crippen LogP contribution is -2.39. The van der Waals surface area contributed by atoms with Gasteiger partial charge in [0.2, 0.25) is 5.91 Å². The molecule has 1 amide bonds. The number of allylic oxidation sites excluding steroid dienone is 2. The fourth-order valence-corrected chi connectivity index (χ4v) is 2.79. The van der Waals surface area contributed by atoms with Crippen molar-refractivity contribution in [3.63, 3.8) is 0 Å². The number of aliphatic carboxylic acids is 1. The molecule has 0 saturated heterocycles. The van der Waals surface area contributed by atoms with Gasteiger partial charge < -0.3 is 10.4 Å². The van der Waals surface area contributed by atoms with Crippen molar-refractivity contribution in [3.8, 4) is 0 Å². The highest BCUT2D eigenvalue weighted by Gasteiger charge is 2.39. The molecule has 1 aliphatic rings. The maximum atomic E-state index is 12.3. The average molecular weight is 274 g/mol. The number of rotatable bonds is 3. The molecule has 0 saturated carbocycles. The van der Waals surface area contributed by atoms with E-state index in [2.05, 4.69) is 10.3 Å². The molecule has 5 nitrogen and oxygen atoms in total. The van der Waals surface area contributed by atoms with Gasteiger partial charge in [0.05, 0.1) is 23.7 Å². The Bertz CT molecular complexity index is 539. The third-order valence-electron chi connectivity index (χ3n) is 3.64. The van der Waals surface area contributed by atoms with Gasteiger partial charge >= 0.3 is 5.97 Å². The first kappa shape index (κ1) is 14.2. The number of nitrogens with one attached hydrogen (secondary N) is 1. The van der Waals surface area contributed by atoms with Crippen LogP contribution in [0.15, 0.2) is 36.2 Å². The van der Waals surface area contributed by atoms with E-state index in [9.17, 15) is 14.7 Å². The predicted molar refractivity (Wildman–Crippen MR) is 75.0 cm³/mol. The lowest BCUT2D eigenvalue weighted by Gasteiger charge is -2.31. The fourth-order valence-electron chi connectivity index (χ4n) is 2.79. The van der Waals surface area contributed by atoms with E-state index < -0.39 is 17.8 Å². The summed E-state index contributed by atoms with van der Waals surface area (Å²) >= 11 is 0. The van der Waals surface area contributed by atoms with Crippen LogP contribution in [0.25, 0.3) is 0 Å². The number of pyridine rings is 1. The standard InChI is InChI=1S/C15H18N2O3/c1-9-6-10(2)13(15(19)20)12(7-9)14(18)17-11-4-3-5-16-8-11/h3-6,8,10,12-13H,7H2,1-2H3,(H,17,18)(H,19,20)/t10-,12-,13-/m0/s1. The van der Waals surface area contributed by atoms with Gasteiger partial charge in [0.15, 0.2) is 0 Å². The van der Waals surface area contributed by atoms with Crippen LogP contribution in [0, 0.1) is 17.8 Å². The van der Waals surface area contributed by atoms with E-state index in [1.54, 1.807) is 24.5 Å². The first-order valence-electron chi connectivity index (χ1n) is 6.60. The highest BCUT2D eigenvalue weighted by atomic mass is 16.4. The third-order valence-corrected chi connectivity index (χ3v) is 3.64. The van der Waals surface area contributed by atoms with Crippen LogP contribution in [0.2, 0.25) is 0 Å². The van der Waals surface area contributed by atoms with Gasteiger partial charge in [-0.05, 0) is 31.4 Å². The number of anilines is 1. The van der Waals surface area contributed by atoms with E-state index in [1.165, 1.54) is 0 Å². The fraction of sp³-hybridized carbons (Fsp3) is 0.400. The van der Waals surface area contributed by atoms with E-state index in [1.807, 2.05) is 19.9 Å². The molecular weight excluding hydrogens is 256 g/mol. The molecule has 2 N–H and O–H groups in total. The summed E-state index contributed by atoms with van der Waals surface area (Å²) in [5.74, 6) is -2.56. The van der Waals surface area contributed by atoms with E-state index in [0.717, 1.165) is 5.57 Å². The van der Waals surface area contributed by atoms with Crippen LogP contribution in [-0.2, 0) is 9.59 Å². The minimum Gasteiger partial charge on any atom is -0.481 e. The Balaban J connectivity index is 2.18. The van der Waals surface area contributed by atoms with Gasteiger partial charge in [-0.3, -0.25) is 14.6 Å². The summed E-state index contributed by atoms with van der Waals surface area (Å²) in [5.41, 5.74) is 1.64. The first-order valence-corrected chi connectivity index (χ1v) is 6.60. The highest BCUT2D eigenvalue weighted by Crippen LogP contribution is 2.34. The summed E-state index contributed by atoms with van der Waals surface area (Å²) < 4.78 is 0.